The largest absolute Gasteiger partial charge is 0.313 e. The van der Waals surface area contributed by atoms with Crippen molar-refractivity contribution in [1.82, 2.24) is 5.32 Å². The molecule has 0 saturated heterocycles. The quantitative estimate of drug-likeness (QED) is 0.732. The third-order valence-corrected chi connectivity index (χ3v) is 5.39. The number of hydrogen-bond donors (Lipinski definition) is 1. The lowest BCUT2D eigenvalue weighted by Crippen LogP contribution is -2.44. The second-order valence-corrected chi connectivity index (χ2v) is 7.13. The number of hydrogen-bond acceptors (Lipinski definition) is 1. The fourth-order valence-electron chi connectivity index (χ4n) is 3.32. The first-order valence-corrected chi connectivity index (χ1v) is 8.48. The normalized spacial score (nSPS) is 19.2. The van der Waals surface area contributed by atoms with Crippen LogP contribution in [0.1, 0.15) is 51.5 Å². The Morgan fingerprint density at radius 1 is 1.20 bits per heavy atom. The molecular formula is C17H25Cl2N. The molecule has 1 atom stereocenters. The zero-order chi connectivity index (χ0) is 14.6. The summed E-state index contributed by atoms with van der Waals surface area (Å²) in [5.41, 5.74) is 1.70. The van der Waals surface area contributed by atoms with Crippen molar-refractivity contribution in [1.29, 1.82) is 0 Å². The minimum Gasteiger partial charge on any atom is -0.313 e. The van der Waals surface area contributed by atoms with E-state index in [4.69, 9.17) is 23.2 Å². The summed E-state index contributed by atoms with van der Waals surface area (Å²) in [6.45, 7) is 5.74. The summed E-state index contributed by atoms with van der Waals surface area (Å²) in [7, 11) is 0. The molecule has 1 aromatic rings. The minimum atomic E-state index is 0.418. The van der Waals surface area contributed by atoms with Crippen LogP contribution in [0.3, 0.4) is 0 Å². The van der Waals surface area contributed by atoms with Gasteiger partial charge in [0.2, 0.25) is 0 Å². The van der Waals surface area contributed by atoms with Crippen molar-refractivity contribution in [3.8, 4) is 0 Å². The zero-order valence-electron chi connectivity index (χ0n) is 12.5. The second kappa shape index (κ2) is 7.15. The Kier molecular flexibility index (Phi) is 5.77. The lowest BCUT2D eigenvalue weighted by Gasteiger charge is -2.35. The number of halogens is 2. The average molecular weight is 314 g/mol. The van der Waals surface area contributed by atoms with Gasteiger partial charge in [0.25, 0.3) is 0 Å². The number of benzene rings is 1. The molecule has 0 heterocycles. The van der Waals surface area contributed by atoms with Gasteiger partial charge in [-0.3, -0.25) is 0 Å². The predicted octanol–water partition coefficient (Wildman–Crippen LogP) is 5.48. The smallest absolute Gasteiger partial charge is 0.0595 e. The van der Waals surface area contributed by atoms with E-state index in [1.165, 1.54) is 37.7 Å². The monoisotopic (exact) mass is 313 g/mol. The SMILES string of the molecule is CCCNC(Cc1ccc(Cl)c(Cl)c1)C1(C)CCCC1. The van der Waals surface area contributed by atoms with Gasteiger partial charge >= 0.3 is 0 Å². The Balaban J connectivity index is 2.12. The molecule has 1 saturated carbocycles. The Bertz CT molecular complexity index is 439. The molecule has 1 aromatic carbocycles. The highest BCUT2D eigenvalue weighted by Crippen LogP contribution is 2.41. The van der Waals surface area contributed by atoms with E-state index in [2.05, 4.69) is 25.2 Å². The fraction of sp³-hybridized carbons (Fsp3) is 0.647. The molecule has 2 rings (SSSR count). The van der Waals surface area contributed by atoms with Gasteiger partial charge < -0.3 is 5.32 Å². The first-order valence-electron chi connectivity index (χ1n) is 7.72. The van der Waals surface area contributed by atoms with Crippen molar-refractivity contribution >= 4 is 23.2 Å². The highest BCUT2D eigenvalue weighted by molar-refractivity contribution is 6.42. The summed E-state index contributed by atoms with van der Waals surface area (Å²) in [5, 5.41) is 5.06. The van der Waals surface area contributed by atoms with E-state index in [0.717, 1.165) is 13.0 Å². The Morgan fingerprint density at radius 3 is 2.50 bits per heavy atom. The summed E-state index contributed by atoms with van der Waals surface area (Å²) >= 11 is 12.2. The molecule has 0 aliphatic heterocycles. The third-order valence-electron chi connectivity index (χ3n) is 4.65. The molecule has 1 unspecified atom stereocenters. The third kappa shape index (κ3) is 3.90. The average Bonchev–Trinajstić information content (AvgIpc) is 2.86. The van der Waals surface area contributed by atoms with Gasteiger partial charge in [-0.15, -0.1) is 0 Å². The van der Waals surface area contributed by atoms with Crippen LogP contribution in [0.25, 0.3) is 0 Å². The van der Waals surface area contributed by atoms with Crippen molar-refractivity contribution in [2.24, 2.45) is 5.41 Å². The van der Waals surface area contributed by atoms with Crippen molar-refractivity contribution in [3.63, 3.8) is 0 Å². The van der Waals surface area contributed by atoms with Gasteiger partial charge in [0, 0.05) is 6.04 Å². The first-order chi connectivity index (χ1) is 9.55. The van der Waals surface area contributed by atoms with E-state index >= 15 is 0 Å². The van der Waals surface area contributed by atoms with E-state index in [1.807, 2.05) is 12.1 Å². The molecule has 0 aromatic heterocycles. The Hall–Kier alpha value is -0.240. The van der Waals surface area contributed by atoms with E-state index in [9.17, 15) is 0 Å². The molecule has 1 nitrogen and oxygen atoms in total. The predicted molar refractivity (Wildman–Crippen MR) is 88.8 cm³/mol. The Morgan fingerprint density at radius 2 is 1.90 bits per heavy atom. The molecule has 1 N–H and O–H groups in total. The zero-order valence-corrected chi connectivity index (χ0v) is 14.0. The Labute approximate surface area is 133 Å². The second-order valence-electron chi connectivity index (χ2n) is 6.32. The van der Waals surface area contributed by atoms with Gasteiger partial charge in [0.15, 0.2) is 0 Å². The number of rotatable bonds is 6. The van der Waals surface area contributed by atoms with Gasteiger partial charge in [-0.05, 0) is 55.3 Å². The summed E-state index contributed by atoms with van der Waals surface area (Å²) in [6, 6.07) is 6.56. The molecule has 112 valence electrons. The van der Waals surface area contributed by atoms with Crippen LogP contribution in [0.4, 0.5) is 0 Å². The molecule has 1 aliphatic rings. The van der Waals surface area contributed by atoms with Gasteiger partial charge in [0.1, 0.15) is 0 Å². The van der Waals surface area contributed by atoms with Crippen molar-refractivity contribution in [2.75, 3.05) is 6.54 Å². The molecule has 0 bridgehead atoms. The standard InChI is InChI=1S/C17H25Cl2N/c1-3-10-20-16(17(2)8-4-5-9-17)12-13-6-7-14(18)15(19)11-13/h6-7,11,16,20H,3-5,8-10,12H2,1-2H3. The summed E-state index contributed by atoms with van der Waals surface area (Å²) in [4.78, 5) is 0. The summed E-state index contributed by atoms with van der Waals surface area (Å²) in [6.07, 6.45) is 7.59. The van der Waals surface area contributed by atoms with Crippen molar-refractivity contribution in [3.05, 3.63) is 33.8 Å². The van der Waals surface area contributed by atoms with Crippen LogP contribution in [0.2, 0.25) is 10.0 Å². The number of nitrogens with one attached hydrogen (secondary N) is 1. The maximum atomic E-state index is 6.14. The van der Waals surface area contributed by atoms with Crippen molar-refractivity contribution in [2.45, 2.75) is 58.4 Å². The lowest BCUT2D eigenvalue weighted by molar-refractivity contribution is 0.219. The van der Waals surface area contributed by atoms with Crippen molar-refractivity contribution < 1.29 is 0 Å². The topological polar surface area (TPSA) is 12.0 Å². The molecule has 1 aliphatic carbocycles. The molecule has 0 spiro atoms. The van der Waals surface area contributed by atoms with Crippen LogP contribution in [0.15, 0.2) is 18.2 Å². The first kappa shape index (κ1) is 16.1. The fourth-order valence-corrected chi connectivity index (χ4v) is 3.64. The molecule has 1 fully saturated rings. The van der Waals surface area contributed by atoms with Gasteiger partial charge in [-0.25, -0.2) is 0 Å². The van der Waals surface area contributed by atoms with E-state index < -0.39 is 0 Å². The minimum absolute atomic E-state index is 0.418. The summed E-state index contributed by atoms with van der Waals surface area (Å²) in [5.74, 6) is 0. The highest BCUT2D eigenvalue weighted by Gasteiger charge is 2.36. The molecule has 3 heteroatoms. The van der Waals surface area contributed by atoms with Gasteiger partial charge in [-0.2, -0.15) is 0 Å². The summed E-state index contributed by atoms with van der Waals surface area (Å²) < 4.78 is 0. The van der Waals surface area contributed by atoms with E-state index in [0.29, 0.717) is 21.5 Å². The van der Waals surface area contributed by atoms with Crippen LogP contribution < -0.4 is 5.32 Å². The maximum Gasteiger partial charge on any atom is 0.0595 e. The van der Waals surface area contributed by atoms with Crippen LogP contribution in [0, 0.1) is 5.41 Å². The highest BCUT2D eigenvalue weighted by atomic mass is 35.5. The maximum absolute atomic E-state index is 6.14. The van der Waals surface area contributed by atoms with E-state index in [-0.39, 0.29) is 0 Å². The molecular weight excluding hydrogens is 289 g/mol. The van der Waals surface area contributed by atoms with Crippen LogP contribution in [-0.4, -0.2) is 12.6 Å². The van der Waals surface area contributed by atoms with Gasteiger partial charge in [0.05, 0.1) is 10.0 Å². The molecule has 0 amide bonds. The van der Waals surface area contributed by atoms with Crippen LogP contribution in [0.5, 0.6) is 0 Å². The van der Waals surface area contributed by atoms with Crippen LogP contribution >= 0.6 is 23.2 Å². The molecule has 0 radical (unpaired) electrons. The lowest BCUT2D eigenvalue weighted by atomic mass is 9.77. The van der Waals surface area contributed by atoms with Gasteiger partial charge in [-0.1, -0.05) is 56.0 Å². The van der Waals surface area contributed by atoms with E-state index in [1.54, 1.807) is 0 Å². The van der Waals surface area contributed by atoms with Crippen LogP contribution in [-0.2, 0) is 6.42 Å². The molecule has 20 heavy (non-hydrogen) atoms.